The maximum absolute atomic E-state index is 12.7. The maximum atomic E-state index is 12.7. The minimum atomic E-state index is -0.0839. The number of nitrogens with one attached hydrogen (secondary N) is 1. The maximum Gasteiger partial charge on any atom is 0.251 e. The molecule has 5 aromatic rings. The van der Waals surface area contributed by atoms with Gasteiger partial charge in [-0.05, 0) is 52.9 Å². The van der Waals surface area contributed by atoms with Crippen LogP contribution < -0.4 is 5.32 Å². The Kier molecular flexibility index (Phi) is 7.87. The first-order valence-electron chi connectivity index (χ1n) is 12.2. The molecule has 0 aliphatic rings. The molecule has 0 bridgehead atoms. The second kappa shape index (κ2) is 11.6. The van der Waals surface area contributed by atoms with E-state index in [1.54, 1.807) is 18.0 Å². The molecule has 0 aliphatic carbocycles. The number of aromatic nitrogens is 3. The molecule has 2 aromatic heterocycles. The highest BCUT2D eigenvalue weighted by Gasteiger charge is 2.14. The van der Waals surface area contributed by atoms with Gasteiger partial charge in [0.1, 0.15) is 0 Å². The zero-order chi connectivity index (χ0) is 25.6. The van der Waals surface area contributed by atoms with Crippen LogP contribution in [0.3, 0.4) is 0 Å². The van der Waals surface area contributed by atoms with Crippen molar-refractivity contribution in [1.29, 1.82) is 0 Å². The third-order valence-electron chi connectivity index (χ3n) is 6.27. The topological polar surface area (TPSA) is 59.8 Å². The van der Waals surface area contributed by atoms with Gasteiger partial charge in [-0.2, -0.15) is 0 Å². The number of hydrogen-bond donors (Lipinski definition) is 1. The molecular weight excluding hydrogens is 500 g/mol. The van der Waals surface area contributed by atoms with E-state index in [2.05, 4.69) is 46.1 Å². The number of halogens is 1. The molecule has 5 rings (SSSR count). The van der Waals surface area contributed by atoms with Crippen LogP contribution in [0.15, 0.2) is 96.4 Å². The molecular formula is C30H27ClN4OS. The Balaban J connectivity index is 1.28. The van der Waals surface area contributed by atoms with Gasteiger partial charge in [0.05, 0.1) is 23.8 Å². The lowest BCUT2D eigenvalue weighted by atomic mass is 10.1. The molecule has 0 unspecified atom stereocenters. The molecule has 7 heteroatoms. The Bertz CT molecular complexity index is 1510. The summed E-state index contributed by atoms with van der Waals surface area (Å²) < 4.78 is 2.17. The minimum absolute atomic E-state index is 0.0839. The quantitative estimate of drug-likeness (QED) is 0.212. The molecule has 0 fully saturated rings. The molecule has 3 aromatic carbocycles. The predicted octanol–water partition coefficient (Wildman–Crippen LogP) is 6.92. The second-order valence-electron chi connectivity index (χ2n) is 8.77. The predicted molar refractivity (Wildman–Crippen MR) is 151 cm³/mol. The normalized spacial score (nSPS) is 11.1. The zero-order valence-electron chi connectivity index (χ0n) is 20.5. The molecule has 37 heavy (non-hydrogen) atoms. The van der Waals surface area contributed by atoms with Gasteiger partial charge in [-0.3, -0.25) is 9.78 Å². The van der Waals surface area contributed by atoms with Crippen molar-refractivity contribution in [2.45, 2.75) is 37.3 Å². The van der Waals surface area contributed by atoms with Crippen LogP contribution in [0.2, 0.25) is 5.02 Å². The molecule has 2 heterocycles. The Morgan fingerprint density at radius 3 is 2.43 bits per heavy atom. The molecule has 5 nitrogen and oxygen atoms in total. The molecule has 186 valence electrons. The fourth-order valence-corrected chi connectivity index (χ4v) is 5.39. The number of thioether (sulfide) groups is 1. The smallest absolute Gasteiger partial charge is 0.251 e. The van der Waals surface area contributed by atoms with Gasteiger partial charge in [0.2, 0.25) is 0 Å². The van der Waals surface area contributed by atoms with Gasteiger partial charge in [0, 0.05) is 29.1 Å². The lowest BCUT2D eigenvalue weighted by molar-refractivity contribution is 0.0951. The fourth-order valence-electron chi connectivity index (χ4n) is 4.09. The van der Waals surface area contributed by atoms with Crippen LogP contribution in [0.4, 0.5) is 0 Å². The minimum Gasteiger partial charge on any atom is -0.348 e. The summed E-state index contributed by atoms with van der Waals surface area (Å²) in [7, 11) is 0. The van der Waals surface area contributed by atoms with E-state index < -0.39 is 0 Å². The molecule has 1 amide bonds. The zero-order valence-corrected chi connectivity index (χ0v) is 22.1. The SMILES string of the molecule is CCc1ccc(CNC(=O)c2ccc(Cn3c(SCc4ccccc4Cl)nc4ccncc43)cc2)cc1. The second-order valence-corrected chi connectivity index (χ2v) is 10.1. The summed E-state index contributed by atoms with van der Waals surface area (Å²) >= 11 is 8.01. The average molecular weight is 527 g/mol. The van der Waals surface area contributed by atoms with Crippen LogP contribution in [-0.4, -0.2) is 20.4 Å². The van der Waals surface area contributed by atoms with Crippen molar-refractivity contribution in [2.24, 2.45) is 0 Å². The molecule has 1 N–H and O–H groups in total. The van der Waals surface area contributed by atoms with Gasteiger partial charge in [-0.15, -0.1) is 0 Å². The highest BCUT2D eigenvalue weighted by Crippen LogP contribution is 2.29. The summed E-state index contributed by atoms with van der Waals surface area (Å²) in [5.74, 6) is 0.635. The van der Waals surface area contributed by atoms with Gasteiger partial charge in [-0.1, -0.05) is 84.9 Å². The van der Waals surface area contributed by atoms with Crippen LogP contribution in [0, 0.1) is 0 Å². The van der Waals surface area contributed by atoms with Crippen LogP contribution >= 0.6 is 23.4 Å². The van der Waals surface area contributed by atoms with Gasteiger partial charge in [0.25, 0.3) is 5.91 Å². The largest absolute Gasteiger partial charge is 0.348 e. The Morgan fingerprint density at radius 1 is 0.946 bits per heavy atom. The number of benzene rings is 3. The van der Waals surface area contributed by atoms with E-state index in [0.29, 0.717) is 18.7 Å². The third-order valence-corrected chi connectivity index (χ3v) is 7.67. The molecule has 0 spiro atoms. The van der Waals surface area contributed by atoms with Crippen LogP contribution in [0.5, 0.6) is 0 Å². The molecule has 0 radical (unpaired) electrons. The van der Waals surface area contributed by atoms with E-state index >= 15 is 0 Å². The summed E-state index contributed by atoms with van der Waals surface area (Å²) in [6.07, 6.45) is 4.61. The van der Waals surface area contributed by atoms with E-state index in [1.807, 2.05) is 60.8 Å². The van der Waals surface area contributed by atoms with Gasteiger partial charge < -0.3 is 9.88 Å². The van der Waals surface area contributed by atoms with Crippen molar-refractivity contribution in [1.82, 2.24) is 19.9 Å². The molecule has 0 saturated heterocycles. The summed E-state index contributed by atoms with van der Waals surface area (Å²) in [6, 6.07) is 25.9. The molecule has 0 aliphatic heterocycles. The molecule has 0 atom stereocenters. The van der Waals surface area contributed by atoms with Crippen LogP contribution in [0.1, 0.15) is 39.5 Å². The van der Waals surface area contributed by atoms with Gasteiger partial charge in [0.15, 0.2) is 5.16 Å². The third kappa shape index (κ3) is 6.04. The highest BCUT2D eigenvalue weighted by atomic mass is 35.5. The number of nitrogens with zero attached hydrogens (tertiary/aromatic N) is 3. The number of carbonyl (C=O) groups excluding carboxylic acids is 1. The van der Waals surface area contributed by atoms with Crippen LogP contribution in [-0.2, 0) is 25.3 Å². The Hall–Kier alpha value is -3.61. The number of aryl methyl sites for hydroxylation is 1. The number of pyridine rings is 1. The van der Waals surface area contributed by atoms with E-state index in [-0.39, 0.29) is 5.91 Å². The lowest BCUT2D eigenvalue weighted by Gasteiger charge is -2.11. The number of hydrogen-bond acceptors (Lipinski definition) is 4. The first kappa shape index (κ1) is 25.1. The first-order valence-corrected chi connectivity index (χ1v) is 13.6. The lowest BCUT2D eigenvalue weighted by Crippen LogP contribution is -2.22. The average Bonchev–Trinajstić information content (AvgIpc) is 3.29. The first-order chi connectivity index (χ1) is 18.1. The monoisotopic (exact) mass is 526 g/mol. The van der Waals surface area contributed by atoms with Crippen LogP contribution in [0.25, 0.3) is 11.0 Å². The number of carbonyl (C=O) groups is 1. The number of fused-ring (bicyclic) bond motifs is 1. The number of rotatable bonds is 9. The van der Waals surface area contributed by atoms with Crippen molar-refractivity contribution in [3.8, 4) is 0 Å². The van der Waals surface area contributed by atoms with E-state index in [0.717, 1.165) is 50.1 Å². The van der Waals surface area contributed by atoms with Crippen molar-refractivity contribution in [3.05, 3.63) is 124 Å². The van der Waals surface area contributed by atoms with Crippen molar-refractivity contribution < 1.29 is 4.79 Å². The Labute approximate surface area is 225 Å². The number of imidazole rings is 1. The van der Waals surface area contributed by atoms with Crippen molar-refractivity contribution in [2.75, 3.05) is 0 Å². The fraction of sp³-hybridized carbons (Fsp3) is 0.167. The van der Waals surface area contributed by atoms with E-state index in [9.17, 15) is 4.79 Å². The summed E-state index contributed by atoms with van der Waals surface area (Å²) in [5.41, 5.74) is 7.04. The summed E-state index contributed by atoms with van der Waals surface area (Å²) in [4.78, 5) is 21.8. The van der Waals surface area contributed by atoms with Crippen molar-refractivity contribution in [3.63, 3.8) is 0 Å². The number of amides is 1. The van der Waals surface area contributed by atoms with Gasteiger partial charge in [-0.25, -0.2) is 4.98 Å². The Morgan fingerprint density at radius 2 is 1.68 bits per heavy atom. The standard InChI is InChI=1S/C30H27ClN4OS/c1-2-21-7-9-22(10-8-21)17-33-29(36)24-13-11-23(12-14-24)19-35-28-18-32-16-15-27(28)34-30(35)37-20-25-5-3-4-6-26(25)31/h3-16,18H,2,17,19-20H2,1H3,(H,33,36). The van der Waals surface area contributed by atoms with Crippen molar-refractivity contribution >= 4 is 40.3 Å². The van der Waals surface area contributed by atoms with E-state index in [4.69, 9.17) is 16.6 Å². The summed E-state index contributed by atoms with van der Waals surface area (Å²) in [6.45, 7) is 3.26. The highest BCUT2D eigenvalue weighted by molar-refractivity contribution is 7.98. The molecule has 0 saturated carbocycles. The summed E-state index contributed by atoms with van der Waals surface area (Å²) in [5, 5.41) is 4.67. The van der Waals surface area contributed by atoms with Gasteiger partial charge >= 0.3 is 0 Å². The van der Waals surface area contributed by atoms with E-state index in [1.165, 1.54) is 5.56 Å².